The van der Waals surface area contributed by atoms with Gasteiger partial charge in [0.05, 0.1) is 0 Å². The zero-order valence-electron chi connectivity index (χ0n) is 10.8. The zero-order chi connectivity index (χ0) is 12.4. The third-order valence-electron chi connectivity index (χ3n) is 3.40. The van der Waals surface area contributed by atoms with Gasteiger partial charge >= 0.3 is 0 Å². The van der Waals surface area contributed by atoms with Gasteiger partial charge in [-0.25, -0.2) is 0 Å². The molecular weight excluding hydrogens is 212 g/mol. The predicted octanol–water partition coefficient (Wildman–Crippen LogP) is 2.13. The van der Waals surface area contributed by atoms with Gasteiger partial charge in [0.1, 0.15) is 0 Å². The fourth-order valence-corrected chi connectivity index (χ4v) is 2.79. The second-order valence-electron chi connectivity index (χ2n) is 4.86. The summed E-state index contributed by atoms with van der Waals surface area (Å²) in [6, 6.07) is 10.9. The van der Waals surface area contributed by atoms with E-state index in [9.17, 15) is 4.79 Å². The minimum atomic E-state index is 0.178. The van der Waals surface area contributed by atoms with Crippen molar-refractivity contribution in [2.45, 2.75) is 32.9 Å². The maximum absolute atomic E-state index is 11.6. The smallest absolute Gasteiger partial charge is 0.220 e. The van der Waals surface area contributed by atoms with E-state index in [0.717, 1.165) is 13.1 Å². The minimum absolute atomic E-state index is 0.178. The van der Waals surface area contributed by atoms with Crippen LogP contribution in [0.5, 0.6) is 0 Å². The first-order valence-corrected chi connectivity index (χ1v) is 6.18. The Morgan fingerprint density at radius 3 is 2.12 bits per heavy atom. The number of para-hydroxylation sites is 1. The molecule has 0 N–H and O–H groups in total. The average Bonchev–Trinajstić information content (AvgIpc) is 2.28. The number of anilines is 1. The van der Waals surface area contributed by atoms with Crippen LogP contribution < -0.4 is 4.90 Å². The van der Waals surface area contributed by atoms with Crippen molar-refractivity contribution < 1.29 is 4.79 Å². The summed E-state index contributed by atoms with van der Waals surface area (Å²) >= 11 is 0. The second-order valence-corrected chi connectivity index (χ2v) is 4.86. The van der Waals surface area contributed by atoms with Crippen molar-refractivity contribution in [2.75, 3.05) is 18.0 Å². The van der Waals surface area contributed by atoms with E-state index in [1.807, 2.05) is 11.0 Å². The van der Waals surface area contributed by atoms with Crippen LogP contribution in [0.4, 0.5) is 5.69 Å². The Morgan fingerprint density at radius 2 is 1.65 bits per heavy atom. The molecule has 0 radical (unpaired) electrons. The molecule has 1 amide bonds. The van der Waals surface area contributed by atoms with Gasteiger partial charge in [0.2, 0.25) is 5.91 Å². The van der Waals surface area contributed by atoms with Crippen LogP contribution in [-0.4, -0.2) is 36.0 Å². The summed E-state index contributed by atoms with van der Waals surface area (Å²) in [4.78, 5) is 15.9. The van der Waals surface area contributed by atoms with E-state index < -0.39 is 0 Å². The third kappa shape index (κ3) is 2.43. The van der Waals surface area contributed by atoms with Gasteiger partial charge in [0.15, 0.2) is 0 Å². The number of hydrogen-bond donors (Lipinski definition) is 0. The Labute approximate surface area is 103 Å². The Bertz CT molecular complexity index is 378. The van der Waals surface area contributed by atoms with E-state index in [-0.39, 0.29) is 18.0 Å². The molecule has 1 aromatic rings. The first-order chi connectivity index (χ1) is 8.09. The molecule has 1 heterocycles. The molecular formula is C14H20N2O. The molecule has 2 rings (SSSR count). The van der Waals surface area contributed by atoms with E-state index in [1.54, 1.807) is 6.92 Å². The van der Waals surface area contributed by atoms with E-state index in [4.69, 9.17) is 0 Å². The molecule has 2 unspecified atom stereocenters. The lowest BCUT2D eigenvalue weighted by Crippen LogP contribution is -2.58. The van der Waals surface area contributed by atoms with Gasteiger partial charge in [-0.1, -0.05) is 18.2 Å². The highest BCUT2D eigenvalue weighted by Gasteiger charge is 2.30. The first-order valence-electron chi connectivity index (χ1n) is 6.18. The van der Waals surface area contributed by atoms with Crippen LogP contribution >= 0.6 is 0 Å². The van der Waals surface area contributed by atoms with E-state index in [0.29, 0.717) is 0 Å². The topological polar surface area (TPSA) is 23.6 Å². The van der Waals surface area contributed by atoms with Crippen molar-refractivity contribution in [1.29, 1.82) is 0 Å². The van der Waals surface area contributed by atoms with Gasteiger partial charge in [0, 0.05) is 37.8 Å². The summed E-state index contributed by atoms with van der Waals surface area (Å²) in [7, 11) is 0. The molecule has 2 atom stereocenters. The van der Waals surface area contributed by atoms with Crippen LogP contribution in [0.1, 0.15) is 20.8 Å². The summed E-state index contributed by atoms with van der Waals surface area (Å²) in [5.74, 6) is 0.178. The Hall–Kier alpha value is -1.51. The van der Waals surface area contributed by atoms with Gasteiger partial charge in [0.25, 0.3) is 0 Å². The van der Waals surface area contributed by atoms with Gasteiger partial charge in [-0.3, -0.25) is 4.79 Å². The molecule has 1 aromatic carbocycles. The van der Waals surface area contributed by atoms with Crippen LogP contribution in [0.2, 0.25) is 0 Å². The van der Waals surface area contributed by atoms with E-state index in [1.165, 1.54) is 5.69 Å². The Balaban J connectivity index is 2.14. The van der Waals surface area contributed by atoms with Crippen LogP contribution in [0.15, 0.2) is 30.3 Å². The highest BCUT2D eigenvalue weighted by Crippen LogP contribution is 2.22. The first kappa shape index (κ1) is 12.0. The number of carbonyl (C=O) groups excluding carboxylic acids is 1. The highest BCUT2D eigenvalue weighted by molar-refractivity contribution is 5.74. The number of rotatable bonds is 1. The summed E-state index contributed by atoms with van der Waals surface area (Å²) in [5.41, 5.74) is 1.24. The molecule has 1 aliphatic heterocycles. The molecule has 1 aliphatic rings. The van der Waals surface area contributed by atoms with Crippen LogP contribution in [0.25, 0.3) is 0 Å². The van der Waals surface area contributed by atoms with Gasteiger partial charge in [-0.2, -0.15) is 0 Å². The SMILES string of the molecule is CC(=O)N1C(C)CN(c2ccccc2)CC1C. The van der Waals surface area contributed by atoms with E-state index >= 15 is 0 Å². The number of benzene rings is 1. The number of hydrogen-bond acceptors (Lipinski definition) is 2. The van der Waals surface area contributed by atoms with Gasteiger partial charge < -0.3 is 9.80 Å². The lowest BCUT2D eigenvalue weighted by Gasteiger charge is -2.45. The van der Waals surface area contributed by atoms with Crippen molar-refractivity contribution in [3.63, 3.8) is 0 Å². The number of carbonyl (C=O) groups is 1. The molecule has 1 saturated heterocycles. The minimum Gasteiger partial charge on any atom is -0.367 e. The summed E-state index contributed by atoms with van der Waals surface area (Å²) < 4.78 is 0. The molecule has 3 heteroatoms. The standard InChI is InChI=1S/C14H20N2O/c1-11-9-15(14-7-5-4-6-8-14)10-12(2)16(11)13(3)17/h4-8,11-12H,9-10H2,1-3H3. The molecule has 1 fully saturated rings. The second kappa shape index (κ2) is 4.78. The van der Waals surface area contributed by atoms with Crippen molar-refractivity contribution in [3.8, 4) is 0 Å². The van der Waals surface area contributed by atoms with Crippen molar-refractivity contribution in [2.24, 2.45) is 0 Å². The number of nitrogens with zero attached hydrogens (tertiary/aromatic N) is 2. The summed E-state index contributed by atoms with van der Waals surface area (Å²) in [6.07, 6.45) is 0. The summed E-state index contributed by atoms with van der Waals surface area (Å²) in [6.45, 7) is 7.72. The normalized spacial score (nSPS) is 24.9. The molecule has 0 bridgehead atoms. The highest BCUT2D eigenvalue weighted by atomic mass is 16.2. The Kier molecular flexibility index (Phi) is 3.36. The third-order valence-corrected chi connectivity index (χ3v) is 3.40. The maximum atomic E-state index is 11.6. The van der Waals surface area contributed by atoms with Crippen molar-refractivity contribution >= 4 is 11.6 Å². The molecule has 0 aliphatic carbocycles. The van der Waals surface area contributed by atoms with E-state index in [2.05, 4.69) is 43.0 Å². The molecule has 17 heavy (non-hydrogen) atoms. The molecule has 0 aromatic heterocycles. The molecule has 92 valence electrons. The van der Waals surface area contributed by atoms with Crippen molar-refractivity contribution in [3.05, 3.63) is 30.3 Å². The largest absolute Gasteiger partial charge is 0.367 e. The van der Waals surface area contributed by atoms with Crippen molar-refractivity contribution in [1.82, 2.24) is 4.90 Å². The fourth-order valence-electron chi connectivity index (χ4n) is 2.79. The quantitative estimate of drug-likeness (QED) is 0.740. The fraction of sp³-hybridized carbons (Fsp3) is 0.500. The lowest BCUT2D eigenvalue weighted by molar-refractivity contribution is -0.133. The molecule has 0 saturated carbocycles. The zero-order valence-corrected chi connectivity index (χ0v) is 10.8. The average molecular weight is 232 g/mol. The molecule has 3 nitrogen and oxygen atoms in total. The van der Waals surface area contributed by atoms with Gasteiger partial charge in [-0.15, -0.1) is 0 Å². The lowest BCUT2D eigenvalue weighted by atomic mass is 10.1. The maximum Gasteiger partial charge on any atom is 0.220 e. The van der Waals surface area contributed by atoms with Gasteiger partial charge in [-0.05, 0) is 26.0 Å². The Morgan fingerprint density at radius 1 is 1.12 bits per heavy atom. The molecule has 0 spiro atoms. The predicted molar refractivity (Wildman–Crippen MR) is 70.1 cm³/mol. The number of piperazine rings is 1. The van der Waals surface area contributed by atoms with Crippen LogP contribution in [-0.2, 0) is 4.79 Å². The summed E-state index contributed by atoms with van der Waals surface area (Å²) in [5, 5.41) is 0. The number of amides is 1. The monoisotopic (exact) mass is 232 g/mol. The van der Waals surface area contributed by atoms with Crippen LogP contribution in [0.3, 0.4) is 0 Å². The van der Waals surface area contributed by atoms with Crippen LogP contribution in [0, 0.1) is 0 Å².